The van der Waals surface area contributed by atoms with Crippen LogP contribution in [-0.4, -0.2) is 31.1 Å². The molecule has 0 spiro atoms. The van der Waals surface area contributed by atoms with Crippen molar-refractivity contribution in [3.05, 3.63) is 53.6 Å². The van der Waals surface area contributed by atoms with Crippen molar-refractivity contribution in [2.75, 3.05) is 19.5 Å². The van der Waals surface area contributed by atoms with E-state index in [-0.39, 0.29) is 18.1 Å². The number of hydrogen-bond acceptors (Lipinski definition) is 4. The van der Waals surface area contributed by atoms with E-state index in [4.69, 9.17) is 9.47 Å². The normalized spacial score (nSPS) is 16.6. The van der Waals surface area contributed by atoms with Gasteiger partial charge in [0.2, 0.25) is 0 Å². The van der Waals surface area contributed by atoms with Crippen LogP contribution in [0.4, 0.5) is 5.69 Å². The average molecular weight is 326 g/mol. The molecule has 1 atom stereocenters. The molecular weight excluding hydrogens is 304 g/mol. The first-order valence-electron chi connectivity index (χ1n) is 7.97. The summed E-state index contributed by atoms with van der Waals surface area (Å²) in [5.41, 5.74) is 2.42. The van der Waals surface area contributed by atoms with Crippen LogP contribution in [0.5, 0.6) is 11.5 Å². The number of nitrogens with one attached hydrogen (secondary N) is 1. The molecule has 1 aliphatic rings. The van der Waals surface area contributed by atoms with Crippen LogP contribution in [-0.2, 0) is 0 Å². The molecule has 0 fully saturated rings. The fourth-order valence-electron chi connectivity index (χ4n) is 3.07. The number of methoxy groups -OCH3 is 2. The standard InChI is InChI=1S/C19H22N2O3/c1-12(2)21-18(15-10-9-13(23-3)11-17(15)24-4)20-16-8-6-5-7-14(16)19(21)22/h5-12,18,20H,1-4H3. The Morgan fingerprint density at radius 1 is 1.08 bits per heavy atom. The monoisotopic (exact) mass is 326 g/mol. The van der Waals surface area contributed by atoms with E-state index in [0.717, 1.165) is 11.3 Å². The van der Waals surface area contributed by atoms with Gasteiger partial charge in [-0.25, -0.2) is 0 Å². The summed E-state index contributed by atoms with van der Waals surface area (Å²) in [5, 5.41) is 3.47. The van der Waals surface area contributed by atoms with Crippen LogP contribution in [0.15, 0.2) is 42.5 Å². The number of benzene rings is 2. The van der Waals surface area contributed by atoms with E-state index in [2.05, 4.69) is 5.32 Å². The van der Waals surface area contributed by atoms with Gasteiger partial charge in [0.1, 0.15) is 17.7 Å². The topological polar surface area (TPSA) is 50.8 Å². The first-order chi connectivity index (χ1) is 11.6. The number of carbonyl (C=O) groups excluding carboxylic acids is 1. The molecule has 1 aliphatic heterocycles. The summed E-state index contributed by atoms with van der Waals surface area (Å²) < 4.78 is 10.8. The zero-order valence-corrected chi connectivity index (χ0v) is 14.4. The van der Waals surface area contributed by atoms with Gasteiger partial charge in [-0.2, -0.15) is 0 Å². The Morgan fingerprint density at radius 3 is 2.50 bits per heavy atom. The Bertz CT molecular complexity index is 758. The lowest BCUT2D eigenvalue weighted by Crippen LogP contribution is -2.46. The molecule has 126 valence electrons. The van der Waals surface area contributed by atoms with E-state index < -0.39 is 0 Å². The maximum Gasteiger partial charge on any atom is 0.258 e. The van der Waals surface area contributed by atoms with Gasteiger partial charge in [-0.05, 0) is 38.1 Å². The summed E-state index contributed by atoms with van der Waals surface area (Å²) in [6, 6.07) is 13.3. The Labute approximate surface area is 142 Å². The lowest BCUT2D eigenvalue weighted by molar-refractivity contribution is 0.0614. The maximum absolute atomic E-state index is 13.0. The van der Waals surface area contributed by atoms with Gasteiger partial charge in [-0.1, -0.05) is 12.1 Å². The first-order valence-corrected chi connectivity index (χ1v) is 7.97. The van der Waals surface area contributed by atoms with Crippen LogP contribution in [0.3, 0.4) is 0 Å². The molecule has 0 aromatic heterocycles. The molecule has 0 saturated heterocycles. The fourth-order valence-corrected chi connectivity index (χ4v) is 3.07. The molecule has 0 radical (unpaired) electrons. The largest absolute Gasteiger partial charge is 0.497 e. The first kappa shape index (κ1) is 16.2. The summed E-state index contributed by atoms with van der Waals surface area (Å²) in [6.07, 6.45) is -0.298. The highest BCUT2D eigenvalue weighted by Crippen LogP contribution is 2.39. The second kappa shape index (κ2) is 6.43. The van der Waals surface area contributed by atoms with Gasteiger partial charge in [-0.3, -0.25) is 4.79 Å². The highest BCUT2D eigenvalue weighted by atomic mass is 16.5. The summed E-state index contributed by atoms with van der Waals surface area (Å²) in [6.45, 7) is 4.02. The smallest absolute Gasteiger partial charge is 0.258 e. The van der Waals surface area contributed by atoms with Crippen LogP contribution in [0, 0.1) is 0 Å². The Kier molecular flexibility index (Phi) is 4.34. The summed E-state index contributed by atoms with van der Waals surface area (Å²) in [4.78, 5) is 14.8. The van der Waals surface area contributed by atoms with E-state index in [1.54, 1.807) is 14.2 Å². The molecule has 1 amide bonds. The lowest BCUT2D eigenvalue weighted by atomic mass is 10.0. The predicted molar refractivity (Wildman–Crippen MR) is 93.7 cm³/mol. The van der Waals surface area contributed by atoms with Crippen molar-refractivity contribution < 1.29 is 14.3 Å². The van der Waals surface area contributed by atoms with Gasteiger partial charge in [0.25, 0.3) is 5.91 Å². The highest BCUT2D eigenvalue weighted by Gasteiger charge is 2.35. The molecule has 1 heterocycles. The van der Waals surface area contributed by atoms with E-state index >= 15 is 0 Å². The number of ether oxygens (including phenoxy) is 2. The third-order valence-corrected chi connectivity index (χ3v) is 4.25. The number of fused-ring (bicyclic) bond motifs is 1. The zero-order chi connectivity index (χ0) is 17.3. The van der Waals surface area contributed by atoms with Crippen molar-refractivity contribution in [1.82, 2.24) is 4.90 Å². The third kappa shape index (κ3) is 2.66. The Morgan fingerprint density at radius 2 is 1.83 bits per heavy atom. The number of carbonyl (C=O) groups is 1. The van der Waals surface area contributed by atoms with Gasteiger partial charge in [0.05, 0.1) is 19.8 Å². The Hall–Kier alpha value is -2.69. The maximum atomic E-state index is 13.0. The van der Waals surface area contributed by atoms with Crippen molar-refractivity contribution in [2.24, 2.45) is 0 Å². The van der Waals surface area contributed by atoms with Crippen molar-refractivity contribution in [3.8, 4) is 11.5 Å². The molecule has 24 heavy (non-hydrogen) atoms. The number of anilines is 1. The number of rotatable bonds is 4. The fraction of sp³-hybridized carbons (Fsp3) is 0.316. The molecule has 5 heteroatoms. The minimum atomic E-state index is -0.298. The van der Waals surface area contributed by atoms with Crippen molar-refractivity contribution >= 4 is 11.6 Å². The number of nitrogens with zero attached hydrogens (tertiary/aromatic N) is 1. The van der Waals surface area contributed by atoms with Gasteiger partial charge >= 0.3 is 0 Å². The van der Waals surface area contributed by atoms with Crippen LogP contribution >= 0.6 is 0 Å². The van der Waals surface area contributed by atoms with E-state index in [0.29, 0.717) is 17.1 Å². The minimum absolute atomic E-state index is 0.0159. The van der Waals surface area contributed by atoms with Crippen molar-refractivity contribution in [3.63, 3.8) is 0 Å². The molecule has 0 bridgehead atoms. The van der Waals surface area contributed by atoms with E-state index in [9.17, 15) is 4.79 Å². The quantitative estimate of drug-likeness (QED) is 0.931. The molecule has 0 saturated carbocycles. The molecule has 3 rings (SSSR count). The molecule has 2 aromatic rings. The second-order valence-electron chi connectivity index (χ2n) is 6.01. The van der Waals surface area contributed by atoms with Gasteiger partial charge in [0, 0.05) is 23.4 Å². The second-order valence-corrected chi connectivity index (χ2v) is 6.01. The zero-order valence-electron chi connectivity index (χ0n) is 14.4. The number of hydrogen-bond donors (Lipinski definition) is 1. The average Bonchev–Trinajstić information content (AvgIpc) is 2.60. The lowest BCUT2D eigenvalue weighted by Gasteiger charge is -2.41. The van der Waals surface area contributed by atoms with Gasteiger partial charge in [-0.15, -0.1) is 0 Å². The highest BCUT2D eigenvalue weighted by molar-refractivity contribution is 6.02. The molecule has 1 N–H and O–H groups in total. The third-order valence-electron chi connectivity index (χ3n) is 4.25. The number of para-hydroxylation sites is 1. The Balaban J connectivity index is 2.11. The van der Waals surface area contributed by atoms with Crippen molar-refractivity contribution in [2.45, 2.75) is 26.1 Å². The van der Waals surface area contributed by atoms with Gasteiger partial charge in [0.15, 0.2) is 0 Å². The molecular formula is C19H22N2O3. The number of amides is 1. The summed E-state index contributed by atoms with van der Waals surface area (Å²) in [5.74, 6) is 1.42. The van der Waals surface area contributed by atoms with E-state index in [1.807, 2.05) is 61.2 Å². The van der Waals surface area contributed by atoms with Gasteiger partial charge < -0.3 is 19.7 Å². The van der Waals surface area contributed by atoms with Crippen LogP contribution in [0.25, 0.3) is 0 Å². The predicted octanol–water partition coefficient (Wildman–Crippen LogP) is 3.68. The molecule has 1 unspecified atom stereocenters. The summed E-state index contributed by atoms with van der Waals surface area (Å²) in [7, 11) is 3.24. The van der Waals surface area contributed by atoms with Crippen LogP contribution in [0.1, 0.15) is 35.9 Å². The van der Waals surface area contributed by atoms with E-state index in [1.165, 1.54) is 0 Å². The summed E-state index contributed by atoms with van der Waals surface area (Å²) >= 11 is 0. The SMILES string of the molecule is COc1ccc(C2Nc3ccccc3C(=O)N2C(C)C)c(OC)c1. The van der Waals surface area contributed by atoms with Crippen molar-refractivity contribution in [1.29, 1.82) is 0 Å². The van der Waals surface area contributed by atoms with Crippen LogP contribution in [0.2, 0.25) is 0 Å². The molecule has 5 nitrogen and oxygen atoms in total. The van der Waals surface area contributed by atoms with Crippen LogP contribution < -0.4 is 14.8 Å². The molecule has 2 aromatic carbocycles. The minimum Gasteiger partial charge on any atom is -0.497 e. The molecule has 0 aliphatic carbocycles.